The van der Waals surface area contributed by atoms with Crippen LogP contribution < -0.4 is 11.5 Å². The molecule has 0 aliphatic carbocycles. The molecule has 0 radical (unpaired) electrons. The molecule has 1 rings (SSSR count). The maximum absolute atomic E-state index is 11.3. The number of nitrogens with zero attached hydrogens (tertiary/aromatic N) is 2. The summed E-state index contributed by atoms with van der Waals surface area (Å²) in [6.07, 6.45) is 0.821. The first-order chi connectivity index (χ1) is 7.97. The number of hydrogen-bond acceptors (Lipinski definition) is 5. The highest BCUT2D eigenvalue weighted by molar-refractivity contribution is 5.92. The first-order valence-corrected chi connectivity index (χ1v) is 5.16. The zero-order valence-electron chi connectivity index (χ0n) is 9.90. The summed E-state index contributed by atoms with van der Waals surface area (Å²) in [6, 6.07) is 0. The van der Waals surface area contributed by atoms with Gasteiger partial charge < -0.3 is 20.8 Å². The van der Waals surface area contributed by atoms with Crippen LogP contribution in [0.15, 0.2) is 0 Å². The van der Waals surface area contributed by atoms with Crippen molar-refractivity contribution in [1.29, 1.82) is 0 Å². The number of primary amides is 1. The van der Waals surface area contributed by atoms with E-state index in [1.807, 2.05) is 0 Å². The van der Waals surface area contributed by atoms with E-state index in [1.165, 1.54) is 7.11 Å². The summed E-state index contributed by atoms with van der Waals surface area (Å²) in [5.41, 5.74) is 10.9. The molecule has 0 aliphatic heterocycles. The Hall–Kier alpha value is -2.05. The molecule has 0 saturated carbocycles. The Morgan fingerprint density at radius 1 is 1.47 bits per heavy atom. The van der Waals surface area contributed by atoms with Crippen molar-refractivity contribution in [2.24, 2.45) is 5.73 Å². The molecular formula is C10H16N4O3. The summed E-state index contributed by atoms with van der Waals surface area (Å²) in [5.74, 6) is -0.0834. The molecule has 0 saturated heterocycles. The molecule has 4 N–H and O–H groups in total. The minimum absolute atomic E-state index is 0.101. The second kappa shape index (κ2) is 5.33. The molecule has 1 aromatic rings. The Kier molecular flexibility index (Phi) is 4.08. The van der Waals surface area contributed by atoms with Gasteiger partial charge in [0.15, 0.2) is 5.69 Å². The smallest absolute Gasteiger partial charge is 0.360 e. The SMILES string of the molecule is COC(=O)c1nc(C)n(CCCC(N)=O)c1N. The number of carbonyl (C=O) groups is 2. The first-order valence-electron chi connectivity index (χ1n) is 5.16. The lowest BCUT2D eigenvalue weighted by atomic mass is 10.3. The molecule has 0 unspecified atom stereocenters. The topological polar surface area (TPSA) is 113 Å². The number of imidazole rings is 1. The van der Waals surface area contributed by atoms with E-state index in [2.05, 4.69) is 9.72 Å². The van der Waals surface area contributed by atoms with Gasteiger partial charge in [-0.25, -0.2) is 9.78 Å². The van der Waals surface area contributed by atoms with Gasteiger partial charge in [0.05, 0.1) is 7.11 Å². The fraction of sp³-hybridized carbons (Fsp3) is 0.500. The Balaban J connectivity index is 2.82. The standard InChI is InChI=1S/C10H16N4O3/c1-6-13-8(10(16)17-2)9(12)14(6)5-3-4-7(11)15/h3-5,12H2,1-2H3,(H2,11,15). The predicted molar refractivity (Wildman–Crippen MR) is 61.1 cm³/mol. The number of anilines is 1. The fourth-order valence-corrected chi connectivity index (χ4v) is 1.52. The number of rotatable bonds is 5. The van der Waals surface area contributed by atoms with Crippen LogP contribution in [0.3, 0.4) is 0 Å². The van der Waals surface area contributed by atoms with Crippen molar-refractivity contribution >= 4 is 17.7 Å². The Labute approximate surface area is 98.7 Å². The number of carbonyl (C=O) groups excluding carboxylic acids is 2. The van der Waals surface area contributed by atoms with Gasteiger partial charge in [-0.2, -0.15) is 0 Å². The second-order valence-corrected chi connectivity index (χ2v) is 3.61. The van der Waals surface area contributed by atoms with Crippen LogP contribution in [0.1, 0.15) is 29.2 Å². The number of nitrogens with two attached hydrogens (primary N) is 2. The number of ether oxygens (including phenoxy) is 1. The molecule has 7 heteroatoms. The van der Waals surface area contributed by atoms with Crippen molar-refractivity contribution < 1.29 is 14.3 Å². The van der Waals surface area contributed by atoms with Crippen molar-refractivity contribution in [3.63, 3.8) is 0 Å². The summed E-state index contributed by atoms with van der Waals surface area (Å²) in [7, 11) is 1.27. The van der Waals surface area contributed by atoms with Gasteiger partial charge in [-0.15, -0.1) is 0 Å². The molecule has 1 heterocycles. The number of esters is 1. The normalized spacial score (nSPS) is 10.2. The van der Waals surface area contributed by atoms with E-state index in [0.29, 0.717) is 18.8 Å². The Bertz CT molecular complexity index is 439. The zero-order chi connectivity index (χ0) is 13.0. The van der Waals surface area contributed by atoms with Crippen LogP contribution in [0.2, 0.25) is 0 Å². The van der Waals surface area contributed by atoms with Gasteiger partial charge in [-0.3, -0.25) is 4.79 Å². The van der Waals surface area contributed by atoms with Crippen LogP contribution in [0.25, 0.3) is 0 Å². The van der Waals surface area contributed by atoms with Crippen LogP contribution in [-0.4, -0.2) is 28.5 Å². The van der Waals surface area contributed by atoms with Crippen molar-refractivity contribution in [2.75, 3.05) is 12.8 Å². The molecule has 0 aliphatic rings. The van der Waals surface area contributed by atoms with E-state index in [1.54, 1.807) is 11.5 Å². The molecule has 1 aromatic heterocycles. The van der Waals surface area contributed by atoms with E-state index in [9.17, 15) is 9.59 Å². The van der Waals surface area contributed by atoms with E-state index < -0.39 is 5.97 Å². The minimum Gasteiger partial charge on any atom is -0.464 e. The van der Waals surface area contributed by atoms with Gasteiger partial charge in [0.25, 0.3) is 0 Å². The number of aryl methyl sites for hydroxylation is 1. The molecule has 0 aromatic carbocycles. The molecule has 0 bridgehead atoms. The number of nitrogen functional groups attached to an aromatic ring is 1. The summed E-state index contributed by atoms with van der Waals surface area (Å²) >= 11 is 0. The van der Waals surface area contributed by atoms with Crippen LogP contribution >= 0.6 is 0 Å². The lowest BCUT2D eigenvalue weighted by molar-refractivity contribution is -0.118. The first kappa shape index (κ1) is 13.0. The van der Waals surface area contributed by atoms with Gasteiger partial charge in [0.2, 0.25) is 5.91 Å². The molecule has 1 amide bonds. The lowest BCUT2D eigenvalue weighted by Crippen LogP contribution is -2.13. The van der Waals surface area contributed by atoms with Crippen molar-refractivity contribution in [3.05, 3.63) is 11.5 Å². The average molecular weight is 240 g/mol. The van der Waals surface area contributed by atoms with Gasteiger partial charge >= 0.3 is 5.97 Å². The molecule has 0 spiro atoms. The number of aromatic nitrogens is 2. The highest BCUT2D eigenvalue weighted by Gasteiger charge is 2.18. The van der Waals surface area contributed by atoms with Gasteiger partial charge in [-0.1, -0.05) is 0 Å². The third-order valence-electron chi connectivity index (χ3n) is 2.38. The molecule has 7 nitrogen and oxygen atoms in total. The third-order valence-corrected chi connectivity index (χ3v) is 2.38. The highest BCUT2D eigenvalue weighted by Crippen LogP contribution is 2.15. The number of hydrogen-bond donors (Lipinski definition) is 2. The minimum atomic E-state index is -0.570. The highest BCUT2D eigenvalue weighted by atomic mass is 16.5. The van der Waals surface area contributed by atoms with E-state index in [0.717, 1.165) is 0 Å². The fourth-order valence-electron chi connectivity index (χ4n) is 1.52. The van der Waals surface area contributed by atoms with E-state index >= 15 is 0 Å². The maximum atomic E-state index is 11.3. The third kappa shape index (κ3) is 2.96. The van der Waals surface area contributed by atoms with Gasteiger partial charge in [0.1, 0.15) is 11.6 Å². The summed E-state index contributed by atoms with van der Waals surface area (Å²) in [4.78, 5) is 26.0. The monoisotopic (exact) mass is 240 g/mol. The Morgan fingerprint density at radius 3 is 2.65 bits per heavy atom. The van der Waals surface area contributed by atoms with Crippen LogP contribution in [-0.2, 0) is 16.1 Å². The van der Waals surface area contributed by atoms with Crippen molar-refractivity contribution in [2.45, 2.75) is 26.3 Å². The molecular weight excluding hydrogens is 224 g/mol. The van der Waals surface area contributed by atoms with Crippen molar-refractivity contribution in [1.82, 2.24) is 9.55 Å². The second-order valence-electron chi connectivity index (χ2n) is 3.61. The largest absolute Gasteiger partial charge is 0.464 e. The van der Waals surface area contributed by atoms with Gasteiger partial charge in [0, 0.05) is 13.0 Å². The molecule has 17 heavy (non-hydrogen) atoms. The predicted octanol–water partition coefficient (Wildman–Crippen LogP) is -0.174. The van der Waals surface area contributed by atoms with Gasteiger partial charge in [-0.05, 0) is 13.3 Å². The Morgan fingerprint density at radius 2 is 2.12 bits per heavy atom. The number of methoxy groups -OCH3 is 1. The van der Waals surface area contributed by atoms with E-state index in [4.69, 9.17) is 11.5 Å². The molecule has 0 fully saturated rings. The zero-order valence-corrected chi connectivity index (χ0v) is 9.90. The van der Waals surface area contributed by atoms with Crippen LogP contribution in [0.5, 0.6) is 0 Å². The molecule has 0 atom stereocenters. The van der Waals surface area contributed by atoms with Crippen LogP contribution in [0, 0.1) is 6.92 Å². The van der Waals surface area contributed by atoms with Crippen molar-refractivity contribution in [3.8, 4) is 0 Å². The van der Waals surface area contributed by atoms with E-state index in [-0.39, 0.29) is 23.8 Å². The maximum Gasteiger partial charge on any atom is 0.360 e. The lowest BCUT2D eigenvalue weighted by Gasteiger charge is -2.06. The summed E-state index contributed by atoms with van der Waals surface area (Å²) in [5, 5.41) is 0. The summed E-state index contributed by atoms with van der Waals surface area (Å²) in [6.45, 7) is 2.22. The number of amides is 1. The molecule has 94 valence electrons. The summed E-state index contributed by atoms with van der Waals surface area (Å²) < 4.78 is 6.22. The average Bonchev–Trinajstić information content (AvgIpc) is 2.55. The quantitative estimate of drug-likeness (QED) is 0.693. The van der Waals surface area contributed by atoms with Crippen LogP contribution in [0.4, 0.5) is 5.82 Å².